The first-order chi connectivity index (χ1) is 9.85. The van der Waals surface area contributed by atoms with Gasteiger partial charge in [0.25, 0.3) is 0 Å². The highest BCUT2D eigenvalue weighted by Crippen LogP contribution is 2.33. The minimum atomic E-state index is -0.382. The van der Waals surface area contributed by atoms with Crippen LogP contribution in [0.2, 0.25) is 0 Å². The summed E-state index contributed by atoms with van der Waals surface area (Å²) in [6.07, 6.45) is 3.52. The van der Waals surface area contributed by atoms with Crippen molar-refractivity contribution < 1.29 is 9.66 Å². The number of nitrogens with one attached hydrogen (secondary N) is 1. The van der Waals surface area contributed by atoms with Gasteiger partial charge in [0.1, 0.15) is 0 Å². The standard InChI is InChI=1S/C16H24N2O3/c1-16(2,3)17-11-13-6-7-14(18(19)20)15(10-13)21-9-8-12-4-5-12/h6-7,10,12,17H,4-5,8-9,11H2,1-3H3. The smallest absolute Gasteiger partial charge is 0.310 e. The third kappa shape index (κ3) is 5.34. The van der Waals surface area contributed by atoms with E-state index in [1.54, 1.807) is 12.1 Å². The Bertz CT molecular complexity index is 505. The molecule has 0 aliphatic heterocycles. The molecule has 5 nitrogen and oxygen atoms in total. The second kappa shape index (κ2) is 6.43. The van der Waals surface area contributed by atoms with Gasteiger partial charge in [-0.2, -0.15) is 0 Å². The summed E-state index contributed by atoms with van der Waals surface area (Å²) in [7, 11) is 0. The van der Waals surface area contributed by atoms with Gasteiger partial charge in [0.15, 0.2) is 5.75 Å². The van der Waals surface area contributed by atoms with Gasteiger partial charge >= 0.3 is 5.69 Å². The molecule has 0 aromatic heterocycles. The zero-order chi connectivity index (χ0) is 15.5. The maximum Gasteiger partial charge on any atom is 0.310 e. The number of nitro benzene ring substituents is 1. The van der Waals surface area contributed by atoms with Gasteiger partial charge in [0.2, 0.25) is 0 Å². The van der Waals surface area contributed by atoms with Crippen LogP contribution in [0.3, 0.4) is 0 Å². The van der Waals surface area contributed by atoms with E-state index in [0.717, 1.165) is 17.9 Å². The van der Waals surface area contributed by atoms with Gasteiger partial charge in [-0.1, -0.05) is 18.9 Å². The number of nitro groups is 1. The molecule has 116 valence electrons. The molecule has 0 unspecified atom stereocenters. The summed E-state index contributed by atoms with van der Waals surface area (Å²) in [6.45, 7) is 7.49. The van der Waals surface area contributed by atoms with Crippen LogP contribution in [0.15, 0.2) is 18.2 Å². The Morgan fingerprint density at radius 3 is 2.67 bits per heavy atom. The lowest BCUT2D eigenvalue weighted by Crippen LogP contribution is -2.35. The average Bonchev–Trinajstić information content (AvgIpc) is 3.19. The average molecular weight is 292 g/mol. The van der Waals surface area contributed by atoms with E-state index in [2.05, 4.69) is 26.1 Å². The third-order valence-corrected chi connectivity index (χ3v) is 3.52. The van der Waals surface area contributed by atoms with Crippen LogP contribution in [0.4, 0.5) is 5.69 Å². The van der Waals surface area contributed by atoms with Crippen LogP contribution < -0.4 is 10.1 Å². The summed E-state index contributed by atoms with van der Waals surface area (Å²) in [5.74, 6) is 1.14. The summed E-state index contributed by atoms with van der Waals surface area (Å²) in [5.41, 5.74) is 1.05. The number of ether oxygens (including phenoxy) is 1. The van der Waals surface area contributed by atoms with Crippen molar-refractivity contribution in [3.63, 3.8) is 0 Å². The molecule has 5 heteroatoms. The molecule has 1 fully saturated rings. The predicted octanol–water partition coefficient (Wildman–Crippen LogP) is 3.66. The number of rotatable bonds is 7. The zero-order valence-electron chi connectivity index (χ0n) is 13.0. The number of benzene rings is 1. The van der Waals surface area contributed by atoms with E-state index in [9.17, 15) is 10.1 Å². The van der Waals surface area contributed by atoms with Crippen molar-refractivity contribution in [2.75, 3.05) is 6.61 Å². The summed E-state index contributed by atoms with van der Waals surface area (Å²) in [6, 6.07) is 5.10. The Kier molecular flexibility index (Phi) is 4.83. The van der Waals surface area contributed by atoms with Gasteiger partial charge in [-0.3, -0.25) is 10.1 Å². The number of hydrogen-bond acceptors (Lipinski definition) is 4. The molecular formula is C16H24N2O3. The molecule has 21 heavy (non-hydrogen) atoms. The Labute approximate surface area is 125 Å². The molecule has 1 aliphatic rings. The van der Waals surface area contributed by atoms with Crippen LogP contribution in [0, 0.1) is 16.0 Å². The molecule has 1 aliphatic carbocycles. The lowest BCUT2D eigenvalue weighted by atomic mass is 10.1. The molecule has 0 spiro atoms. The fraction of sp³-hybridized carbons (Fsp3) is 0.625. The van der Waals surface area contributed by atoms with Crippen molar-refractivity contribution >= 4 is 5.69 Å². The van der Waals surface area contributed by atoms with Crippen molar-refractivity contribution in [1.29, 1.82) is 0 Å². The SMILES string of the molecule is CC(C)(C)NCc1ccc([N+](=O)[O-])c(OCCC2CC2)c1. The first-order valence-electron chi connectivity index (χ1n) is 7.50. The quantitative estimate of drug-likeness (QED) is 0.615. The van der Waals surface area contributed by atoms with Gasteiger partial charge in [-0.25, -0.2) is 0 Å². The summed E-state index contributed by atoms with van der Waals surface area (Å²) < 4.78 is 5.65. The van der Waals surface area contributed by atoms with Gasteiger partial charge in [-0.05, 0) is 44.7 Å². The molecule has 1 aromatic carbocycles. The van der Waals surface area contributed by atoms with Crippen LogP contribution in [-0.4, -0.2) is 17.1 Å². The highest BCUT2D eigenvalue weighted by atomic mass is 16.6. The Morgan fingerprint density at radius 1 is 1.38 bits per heavy atom. The minimum absolute atomic E-state index is 0.00870. The van der Waals surface area contributed by atoms with E-state index in [-0.39, 0.29) is 16.1 Å². The molecular weight excluding hydrogens is 268 g/mol. The highest BCUT2D eigenvalue weighted by Gasteiger charge is 2.22. The first-order valence-corrected chi connectivity index (χ1v) is 7.50. The van der Waals surface area contributed by atoms with Crippen LogP contribution in [0.25, 0.3) is 0 Å². The number of nitrogens with zero attached hydrogens (tertiary/aromatic N) is 1. The molecule has 0 bridgehead atoms. The normalized spacial score (nSPS) is 15.0. The minimum Gasteiger partial charge on any atom is -0.487 e. The van der Waals surface area contributed by atoms with Crippen molar-refractivity contribution in [2.24, 2.45) is 5.92 Å². The maximum absolute atomic E-state index is 11.1. The first kappa shape index (κ1) is 15.8. The molecule has 0 heterocycles. The van der Waals surface area contributed by atoms with E-state index in [1.807, 2.05) is 0 Å². The Balaban J connectivity index is 2.03. The largest absolute Gasteiger partial charge is 0.487 e. The number of hydrogen-bond donors (Lipinski definition) is 1. The Morgan fingerprint density at radius 2 is 2.10 bits per heavy atom. The Hall–Kier alpha value is -1.62. The summed E-state index contributed by atoms with van der Waals surface area (Å²) >= 11 is 0. The topological polar surface area (TPSA) is 64.4 Å². The van der Waals surface area contributed by atoms with E-state index >= 15 is 0 Å². The third-order valence-electron chi connectivity index (χ3n) is 3.52. The monoisotopic (exact) mass is 292 g/mol. The fourth-order valence-electron chi connectivity index (χ4n) is 2.04. The second-order valence-corrected chi connectivity index (χ2v) is 6.74. The van der Waals surface area contributed by atoms with E-state index < -0.39 is 0 Å². The molecule has 2 rings (SSSR count). The summed E-state index contributed by atoms with van der Waals surface area (Å²) in [5, 5.41) is 14.4. The second-order valence-electron chi connectivity index (χ2n) is 6.74. The fourth-order valence-corrected chi connectivity index (χ4v) is 2.04. The van der Waals surface area contributed by atoms with Crippen molar-refractivity contribution in [3.05, 3.63) is 33.9 Å². The summed E-state index contributed by atoms with van der Waals surface area (Å²) in [4.78, 5) is 10.7. The van der Waals surface area contributed by atoms with Crippen molar-refractivity contribution in [2.45, 2.75) is 52.1 Å². The van der Waals surface area contributed by atoms with Gasteiger partial charge < -0.3 is 10.1 Å². The molecule has 0 amide bonds. The maximum atomic E-state index is 11.1. The molecule has 0 saturated heterocycles. The lowest BCUT2D eigenvalue weighted by Gasteiger charge is -2.20. The predicted molar refractivity (Wildman–Crippen MR) is 82.5 cm³/mol. The molecule has 1 N–H and O–H groups in total. The van der Waals surface area contributed by atoms with Gasteiger partial charge in [0, 0.05) is 18.2 Å². The van der Waals surface area contributed by atoms with Gasteiger partial charge in [-0.15, -0.1) is 0 Å². The van der Waals surface area contributed by atoms with Crippen molar-refractivity contribution in [1.82, 2.24) is 5.32 Å². The molecule has 0 radical (unpaired) electrons. The van der Waals surface area contributed by atoms with E-state index in [1.165, 1.54) is 18.9 Å². The van der Waals surface area contributed by atoms with Crippen LogP contribution in [0.1, 0.15) is 45.6 Å². The van der Waals surface area contributed by atoms with Gasteiger partial charge in [0.05, 0.1) is 11.5 Å². The van der Waals surface area contributed by atoms with Crippen LogP contribution in [-0.2, 0) is 6.54 Å². The van der Waals surface area contributed by atoms with Crippen molar-refractivity contribution in [3.8, 4) is 5.75 Å². The lowest BCUT2D eigenvalue weighted by molar-refractivity contribution is -0.385. The van der Waals surface area contributed by atoms with E-state index in [0.29, 0.717) is 18.9 Å². The molecule has 1 saturated carbocycles. The zero-order valence-corrected chi connectivity index (χ0v) is 13.0. The molecule has 1 aromatic rings. The highest BCUT2D eigenvalue weighted by molar-refractivity contribution is 5.48. The van der Waals surface area contributed by atoms with E-state index in [4.69, 9.17) is 4.74 Å². The molecule has 0 atom stereocenters. The van der Waals surface area contributed by atoms with Crippen LogP contribution >= 0.6 is 0 Å². The van der Waals surface area contributed by atoms with Crippen LogP contribution in [0.5, 0.6) is 5.75 Å².